The zero-order valence-corrected chi connectivity index (χ0v) is 17.3. The van der Waals surface area contributed by atoms with E-state index in [2.05, 4.69) is 2.94 Å². The molecule has 0 spiro atoms. The van der Waals surface area contributed by atoms with Gasteiger partial charge in [-0.15, -0.1) is 2.94 Å². The monoisotopic (exact) mass is 481 g/mol. The van der Waals surface area contributed by atoms with Crippen molar-refractivity contribution in [2.45, 2.75) is 63.7 Å². The van der Waals surface area contributed by atoms with Crippen LogP contribution in [-0.4, -0.2) is 58.3 Å². The van der Waals surface area contributed by atoms with Gasteiger partial charge in [-0.25, -0.2) is 0 Å². The van der Waals surface area contributed by atoms with Crippen LogP contribution in [0.2, 0.25) is 0 Å². The topological polar surface area (TPSA) is 102 Å². The van der Waals surface area contributed by atoms with E-state index in [4.69, 9.17) is 27.9 Å². The van der Waals surface area contributed by atoms with Gasteiger partial charge in [0, 0.05) is 30.0 Å². The highest BCUT2D eigenvalue weighted by Gasteiger charge is 2.61. The third-order valence-corrected chi connectivity index (χ3v) is 6.02. The molecule has 142 valence electrons. The van der Waals surface area contributed by atoms with Gasteiger partial charge in [0.2, 0.25) is 5.79 Å². The van der Waals surface area contributed by atoms with Gasteiger partial charge < -0.3 is 23.7 Å². The molecule has 2 fully saturated rings. The van der Waals surface area contributed by atoms with Crippen molar-refractivity contribution in [2.24, 2.45) is 0 Å². The van der Waals surface area contributed by atoms with Crippen molar-refractivity contribution in [3.05, 3.63) is 0 Å². The lowest BCUT2D eigenvalue weighted by Crippen LogP contribution is -2.58. The summed E-state index contributed by atoms with van der Waals surface area (Å²) in [6.45, 7) is 6.96. The van der Waals surface area contributed by atoms with Crippen LogP contribution in [0.25, 0.3) is 0 Å². The Bertz CT molecular complexity index is 554. The summed E-state index contributed by atoms with van der Waals surface area (Å²) in [5, 5.41) is 0. The first-order valence-electron chi connectivity index (χ1n) is 7.46. The molecule has 2 heterocycles. The van der Waals surface area contributed by atoms with Crippen molar-refractivity contribution in [1.29, 1.82) is 0 Å². The van der Waals surface area contributed by atoms with Crippen LogP contribution in [0.3, 0.4) is 0 Å². The summed E-state index contributed by atoms with van der Waals surface area (Å²) in [5.74, 6) is -3.18. The normalized spacial score (nSPS) is 33.4. The standard InChI is InChI=1S/C13H24INO8S/c1-11(2,18-5)21-9-6-7-19-13(8-20-24(16,17)15-14)10(9)22-12(3,4)23-13/h9-10,15H,6-8H2,1-5H3/t9-,10+,13+/m1/s1. The molecule has 0 radical (unpaired) electrons. The molecule has 2 saturated heterocycles. The Hall–Kier alpha value is 0.400. The first-order chi connectivity index (χ1) is 10.9. The predicted octanol–water partition coefficient (Wildman–Crippen LogP) is 1.22. The zero-order valence-electron chi connectivity index (χ0n) is 14.3. The quantitative estimate of drug-likeness (QED) is 0.329. The van der Waals surface area contributed by atoms with Crippen molar-refractivity contribution in [2.75, 3.05) is 20.3 Å². The number of rotatable bonds is 7. The third kappa shape index (κ3) is 4.76. The van der Waals surface area contributed by atoms with Crippen molar-refractivity contribution >= 4 is 33.2 Å². The van der Waals surface area contributed by atoms with E-state index >= 15 is 0 Å². The lowest BCUT2D eigenvalue weighted by molar-refractivity contribution is -0.310. The molecular weight excluding hydrogens is 457 g/mol. The van der Waals surface area contributed by atoms with Gasteiger partial charge in [-0.05, 0) is 34.1 Å². The van der Waals surface area contributed by atoms with Crippen LogP contribution < -0.4 is 2.94 Å². The Labute approximate surface area is 156 Å². The minimum absolute atomic E-state index is 0.307. The molecule has 0 unspecified atom stereocenters. The lowest BCUT2D eigenvalue weighted by atomic mass is 9.99. The maximum atomic E-state index is 11.6. The second-order valence-corrected chi connectivity index (χ2v) is 9.16. The zero-order chi connectivity index (χ0) is 18.2. The van der Waals surface area contributed by atoms with Gasteiger partial charge in [0.1, 0.15) is 12.7 Å². The molecule has 0 saturated carbocycles. The van der Waals surface area contributed by atoms with Crippen molar-refractivity contribution in [3.8, 4) is 0 Å². The Morgan fingerprint density at radius 1 is 1.38 bits per heavy atom. The summed E-state index contributed by atoms with van der Waals surface area (Å²) in [6.07, 6.45) is -0.523. The van der Waals surface area contributed by atoms with Gasteiger partial charge in [-0.2, -0.15) is 8.42 Å². The van der Waals surface area contributed by atoms with Crippen LogP contribution in [0, 0.1) is 0 Å². The number of halogens is 1. The molecule has 24 heavy (non-hydrogen) atoms. The van der Waals surface area contributed by atoms with Gasteiger partial charge in [-0.3, -0.25) is 4.18 Å². The van der Waals surface area contributed by atoms with Crippen LogP contribution in [0.5, 0.6) is 0 Å². The second kappa shape index (κ2) is 7.19. The Balaban J connectivity index is 2.23. The third-order valence-electron chi connectivity index (χ3n) is 3.79. The lowest BCUT2D eigenvalue weighted by Gasteiger charge is -2.42. The summed E-state index contributed by atoms with van der Waals surface area (Å²) in [5.41, 5.74) is 0. The van der Waals surface area contributed by atoms with Gasteiger partial charge >= 0.3 is 10.3 Å². The fourth-order valence-electron chi connectivity index (χ4n) is 2.73. The van der Waals surface area contributed by atoms with E-state index in [0.717, 1.165) is 0 Å². The van der Waals surface area contributed by atoms with E-state index in [0.29, 0.717) is 13.0 Å². The highest BCUT2D eigenvalue weighted by atomic mass is 127. The maximum absolute atomic E-state index is 11.6. The molecular formula is C13H24INO8S. The number of hydrogen-bond acceptors (Lipinski definition) is 8. The van der Waals surface area contributed by atoms with Crippen molar-refractivity contribution < 1.29 is 36.3 Å². The summed E-state index contributed by atoms with van der Waals surface area (Å²) in [6, 6.07) is 0. The highest BCUT2D eigenvalue weighted by Crippen LogP contribution is 2.44. The van der Waals surface area contributed by atoms with Gasteiger partial charge in [0.25, 0.3) is 0 Å². The number of nitrogens with one attached hydrogen (secondary N) is 1. The summed E-state index contributed by atoms with van der Waals surface area (Å²) in [7, 11) is -2.36. The van der Waals surface area contributed by atoms with Crippen LogP contribution in [0.1, 0.15) is 34.1 Å². The van der Waals surface area contributed by atoms with Crippen LogP contribution in [0.15, 0.2) is 0 Å². The largest absolute Gasteiger partial charge is 0.354 e. The molecule has 0 aromatic heterocycles. The van der Waals surface area contributed by atoms with Crippen LogP contribution in [-0.2, 0) is 38.2 Å². The predicted molar refractivity (Wildman–Crippen MR) is 91.3 cm³/mol. The number of hydrogen-bond donors (Lipinski definition) is 1. The molecule has 9 nitrogen and oxygen atoms in total. The molecule has 0 amide bonds. The fraction of sp³-hybridized carbons (Fsp3) is 1.00. The average Bonchev–Trinajstić information content (AvgIpc) is 2.77. The van der Waals surface area contributed by atoms with Crippen molar-refractivity contribution in [3.63, 3.8) is 0 Å². The molecule has 1 N–H and O–H groups in total. The van der Waals surface area contributed by atoms with E-state index in [1.165, 1.54) is 22.9 Å². The first-order valence-corrected chi connectivity index (χ1v) is 9.95. The van der Waals surface area contributed by atoms with Gasteiger partial charge in [-0.1, -0.05) is 0 Å². The second-order valence-electron chi connectivity index (χ2n) is 6.54. The molecule has 0 aromatic rings. The number of methoxy groups -OCH3 is 1. The summed E-state index contributed by atoms with van der Waals surface area (Å²) in [4.78, 5) is 0. The molecule has 3 atom stereocenters. The minimum Gasteiger partial charge on any atom is -0.354 e. The molecule has 2 rings (SSSR count). The average molecular weight is 481 g/mol. The summed E-state index contributed by atoms with van der Waals surface area (Å²) >= 11 is 1.48. The van der Waals surface area contributed by atoms with E-state index in [1.54, 1.807) is 34.8 Å². The molecule has 0 aromatic carbocycles. The number of ether oxygens (including phenoxy) is 5. The Morgan fingerprint density at radius 3 is 2.62 bits per heavy atom. The van der Waals surface area contributed by atoms with Gasteiger partial charge in [0.05, 0.1) is 12.7 Å². The van der Waals surface area contributed by atoms with E-state index in [-0.39, 0.29) is 6.61 Å². The first kappa shape index (κ1) is 20.7. The van der Waals surface area contributed by atoms with Crippen LogP contribution in [0.4, 0.5) is 0 Å². The smallest absolute Gasteiger partial charge is 0.344 e. The van der Waals surface area contributed by atoms with E-state index in [1.807, 2.05) is 0 Å². The molecule has 2 aliphatic heterocycles. The molecule has 11 heteroatoms. The summed E-state index contributed by atoms with van der Waals surface area (Å²) < 4.78 is 59.1. The minimum atomic E-state index is -3.90. The van der Waals surface area contributed by atoms with Gasteiger partial charge in [0.15, 0.2) is 11.6 Å². The van der Waals surface area contributed by atoms with E-state index in [9.17, 15) is 8.42 Å². The van der Waals surface area contributed by atoms with Crippen molar-refractivity contribution in [1.82, 2.24) is 2.94 Å². The highest BCUT2D eigenvalue weighted by molar-refractivity contribution is 14.1. The number of fused-ring (bicyclic) bond motifs is 1. The SMILES string of the molecule is COC(C)(C)O[C@@H]1CCO[C@@]2(COS(=O)(=O)NI)OC(C)(C)O[C@@H]12. The molecule has 0 aliphatic carbocycles. The van der Waals surface area contributed by atoms with E-state index < -0.39 is 39.9 Å². The molecule has 0 bridgehead atoms. The Kier molecular flexibility index (Phi) is 6.21. The van der Waals surface area contributed by atoms with Crippen LogP contribution >= 0.6 is 22.9 Å². The molecule has 2 aliphatic rings. The Morgan fingerprint density at radius 2 is 2.04 bits per heavy atom. The maximum Gasteiger partial charge on any atom is 0.344 e. The fourth-order valence-corrected chi connectivity index (χ4v) is 3.48.